The van der Waals surface area contributed by atoms with E-state index in [1.807, 2.05) is 0 Å². The minimum absolute atomic E-state index is 0.136. The molecule has 0 aliphatic carbocycles. The molecule has 0 saturated carbocycles. The number of hydrogen-bond donors (Lipinski definition) is 1. The Balaban J connectivity index is 1.71. The van der Waals surface area contributed by atoms with Crippen molar-refractivity contribution in [1.29, 1.82) is 0 Å². The van der Waals surface area contributed by atoms with Gasteiger partial charge in [0.15, 0.2) is 0 Å². The predicted octanol–water partition coefficient (Wildman–Crippen LogP) is 0.442. The molecule has 1 atom stereocenters. The van der Waals surface area contributed by atoms with Crippen LogP contribution in [-0.4, -0.2) is 49.8 Å². The number of rotatable bonds is 7. The summed E-state index contributed by atoms with van der Waals surface area (Å²) >= 11 is 1.47. The number of hydrogen-bond acceptors (Lipinski definition) is 7. The maximum Gasteiger partial charge on any atom is 0.294 e. The maximum atomic E-state index is 5.65. The first kappa shape index (κ1) is 12.7. The summed E-state index contributed by atoms with van der Waals surface area (Å²) in [6.07, 6.45) is 1.07. The van der Waals surface area contributed by atoms with E-state index in [0.717, 1.165) is 24.6 Å². The maximum absolute atomic E-state index is 5.65. The number of ether oxygens (including phenoxy) is 3. The van der Waals surface area contributed by atoms with Crippen molar-refractivity contribution in [1.82, 2.24) is 15.5 Å². The van der Waals surface area contributed by atoms with Gasteiger partial charge >= 0.3 is 0 Å². The second kappa shape index (κ2) is 6.85. The molecule has 6 nitrogen and oxygen atoms in total. The topological polar surface area (TPSA) is 65.5 Å². The first-order valence-corrected chi connectivity index (χ1v) is 6.46. The highest BCUT2D eigenvalue weighted by Crippen LogP contribution is 2.21. The number of aromatic nitrogens is 2. The highest BCUT2D eigenvalue weighted by molar-refractivity contribution is 7.13. The Morgan fingerprint density at radius 3 is 3.24 bits per heavy atom. The molecule has 1 saturated heterocycles. The van der Waals surface area contributed by atoms with Gasteiger partial charge in [-0.25, -0.2) is 0 Å². The fourth-order valence-electron chi connectivity index (χ4n) is 1.48. The van der Waals surface area contributed by atoms with E-state index in [2.05, 4.69) is 15.5 Å². The van der Waals surface area contributed by atoms with Crippen LogP contribution in [0.25, 0.3) is 0 Å². The van der Waals surface area contributed by atoms with E-state index < -0.39 is 0 Å². The molecule has 0 bridgehead atoms. The Morgan fingerprint density at radius 2 is 2.47 bits per heavy atom. The molecule has 0 amide bonds. The number of methoxy groups -OCH3 is 1. The van der Waals surface area contributed by atoms with E-state index in [4.69, 9.17) is 14.2 Å². The zero-order valence-electron chi connectivity index (χ0n) is 9.85. The SMILES string of the molecule is COCCNCc1nnc(OC2CCOC2)s1. The first-order valence-electron chi connectivity index (χ1n) is 5.65. The molecular formula is C10H17N3O3S. The molecular weight excluding hydrogens is 242 g/mol. The third kappa shape index (κ3) is 4.19. The summed E-state index contributed by atoms with van der Waals surface area (Å²) < 4.78 is 15.8. The van der Waals surface area contributed by atoms with Crippen molar-refractivity contribution in [2.75, 3.05) is 33.5 Å². The van der Waals surface area contributed by atoms with Gasteiger partial charge < -0.3 is 19.5 Å². The highest BCUT2D eigenvalue weighted by Gasteiger charge is 2.19. The predicted molar refractivity (Wildman–Crippen MR) is 63.3 cm³/mol. The highest BCUT2D eigenvalue weighted by atomic mass is 32.1. The number of nitrogens with zero attached hydrogens (tertiary/aromatic N) is 2. The fraction of sp³-hybridized carbons (Fsp3) is 0.800. The Labute approximate surface area is 104 Å². The van der Waals surface area contributed by atoms with Crippen molar-refractivity contribution in [2.45, 2.75) is 19.1 Å². The zero-order valence-corrected chi connectivity index (χ0v) is 10.7. The average Bonchev–Trinajstić information content (AvgIpc) is 2.97. The molecule has 1 unspecified atom stereocenters. The van der Waals surface area contributed by atoms with Gasteiger partial charge in [0, 0.05) is 26.6 Å². The molecule has 96 valence electrons. The molecule has 1 N–H and O–H groups in total. The van der Waals surface area contributed by atoms with Crippen molar-refractivity contribution >= 4 is 11.3 Å². The molecule has 2 heterocycles. The second-order valence-corrected chi connectivity index (χ2v) is 4.76. The Hall–Kier alpha value is -0.760. The third-order valence-electron chi connectivity index (χ3n) is 2.36. The van der Waals surface area contributed by atoms with Crippen LogP contribution in [0.15, 0.2) is 0 Å². The smallest absolute Gasteiger partial charge is 0.294 e. The summed E-state index contributed by atoms with van der Waals surface area (Å²) in [4.78, 5) is 0. The molecule has 1 fully saturated rings. The minimum atomic E-state index is 0.136. The van der Waals surface area contributed by atoms with Crippen LogP contribution in [0.1, 0.15) is 11.4 Å². The first-order chi connectivity index (χ1) is 8.38. The van der Waals surface area contributed by atoms with E-state index in [1.165, 1.54) is 11.3 Å². The van der Waals surface area contributed by atoms with E-state index in [0.29, 0.717) is 25.0 Å². The van der Waals surface area contributed by atoms with Gasteiger partial charge in [0.1, 0.15) is 11.1 Å². The monoisotopic (exact) mass is 259 g/mol. The summed E-state index contributed by atoms with van der Waals surface area (Å²) in [6, 6.07) is 0. The van der Waals surface area contributed by atoms with Gasteiger partial charge in [0.2, 0.25) is 0 Å². The summed E-state index contributed by atoms with van der Waals surface area (Å²) in [5.41, 5.74) is 0. The number of nitrogens with one attached hydrogen (secondary N) is 1. The minimum Gasteiger partial charge on any atom is -0.463 e. The normalized spacial score (nSPS) is 19.7. The van der Waals surface area contributed by atoms with E-state index in [-0.39, 0.29) is 6.10 Å². The Kier molecular flexibility index (Phi) is 5.11. The molecule has 0 aromatic carbocycles. The van der Waals surface area contributed by atoms with Crippen LogP contribution in [0.2, 0.25) is 0 Å². The summed E-state index contributed by atoms with van der Waals surface area (Å²) in [5.74, 6) is 0. The van der Waals surface area contributed by atoms with E-state index in [9.17, 15) is 0 Å². The van der Waals surface area contributed by atoms with Crippen molar-refractivity contribution in [2.24, 2.45) is 0 Å². The molecule has 2 rings (SSSR count). The van der Waals surface area contributed by atoms with Crippen molar-refractivity contribution < 1.29 is 14.2 Å². The van der Waals surface area contributed by atoms with Crippen LogP contribution in [0.4, 0.5) is 0 Å². The fourth-order valence-corrected chi connectivity index (χ4v) is 2.20. The molecule has 1 aliphatic rings. The van der Waals surface area contributed by atoms with Crippen LogP contribution < -0.4 is 10.1 Å². The molecule has 0 radical (unpaired) electrons. The van der Waals surface area contributed by atoms with Crippen LogP contribution in [0.5, 0.6) is 5.19 Å². The molecule has 7 heteroatoms. The lowest BCUT2D eigenvalue weighted by Gasteiger charge is -2.06. The van der Waals surface area contributed by atoms with E-state index >= 15 is 0 Å². The largest absolute Gasteiger partial charge is 0.463 e. The summed E-state index contributed by atoms with van der Waals surface area (Å²) in [6.45, 7) is 3.63. The lowest BCUT2D eigenvalue weighted by atomic mass is 10.3. The summed E-state index contributed by atoms with van der Waals surface area (Å²) in [5, 5.41) is 12.8. The van der Waals surface area contributed by atoms with Crippen molar-refractivity contribution in [3.05, 3.63) is 5.01 Å². The van der Waals surface area contributed by atoms with Gasteiger partial charge in [-0.05, 0) is 0 Å². The van der Waals surface area contributed by atoms with Gasteiger partial charge in [0.25, 0.3) is 5.19 Å². The van der Waals surface area contributed by atoms with Crippen LogP contribution >= 0.6 is 11.3 Å². The Morgan fingerprint density at radius 1 is 1.53 bits per heavy atom. The van der Waals surface area contributed by atoms with Gasteiger partial charge in [-0.1, -0.05) is 16.4 Å². The Bertz CT molecular complexity index is 328. The van der Waals surface area contributed by atoms with Gasteiger partial charge in [0.05, 0.1) is 19.8 Å². The second-order valence-electron chi connectivity index (χ2n) is 3.73. The molecule has 1 aliphatic heterocycles. The zero-order chi connectivity index (χ0) is 11.9. The van der Waals surface area contributed by atoms with Gasteiger partial charge in [-0.3, -0.25) is 0 Å². The van der Waals surface area contributed by atoms with Crippen LogP contribution in [-0.2, 0) is 16.0 Å². The van der Waals surface area contributed by atoms with Crippen molar-refractivity contribution in [3.63, 3.8) is 0 Å². The average molecular weight is 259 g/mol. The lowest BCUT2D eigenvalue weighted by molar-refractivity contribution is 0.140. The van der Waals surface area contributed by atoms with Gasteiger partial charge in [-0.2, -0.15) is 0 Å². The van der Waals surface area contributed by atoms with Gasteiger partial charge in [-0.15, -0.1) is 5.10 Å². The van der Waals surface area contributed by atoms with Crippen LogP contribution in [0, 0.1) is 0 Å². The quantitative estimate of drug-likeness (QED) is 0.717. The molecule has 1 aromatic rings. The molecule has 17 heavy (non-hydrogen) atoms. The van der Waals surface area contributed by atoms with E-state index in [1.54, 1.807) is 7.11 Å². The summed E-state index contributed by atoms with van der Waals surface area (Å²) in [7, 11) is 1.68. The third-order valence-corrected chi connectivity index (χ3v) is 3.18. The lowest BCUT2D eigenvalue weighted by Crippen LogP contribution is -2.18. The molecule has 1 aromatic heterocycles. The standard InChI is InChI=1S/C10H17N3O3S/c1-14-5-3-11-6-9-12-13-10(17-9)16-8-2-4-15-7-8/h8,11H,2-7H2,1H3. The molecule has 0 spiro atoms. The van der Waals surface area contributed by atoms with Crippen molar-refractivity contribution in [3.8, 4) is 5.19 Å². The van der Waals surface area contributed by atoms with Crippen LogP contribution in [0.3, 0.4) is 0 Å².